The van der Waals surface area contributed by atoms with Crippen molar-refractivity contribution in [3.8, 4) is 5.75 Å². The quantitative estimate of drug-likeness (QED) is 0.582. The molecule has 1 aliphatic carbocycles. The zero-order valence-corrected chi connectivity index (χ0v) is 18.3. The van der Waals surface area contributed by atoms with Crippen molar-refractivity contribution >= 4 is 0 Å². The Kier molecular flexibility index (Phi) is 6.23. The van der Waals surface area contributed by atoms with Gasteiger partial charge in [0.15, 0.2) is 0 Å². The topological polar surface area (TPSA) is 73.3 Å². The van der Waals surface area contributed by atoms with Crippen LogP contribution in [0.25, 0.3) is 0 Å². The number of hydrogen-bond donors (Lipinski definition) is 1. The van der Waals surface area contributed by atoms with Gasteiger partial charge in [0.25, 0.3) is 0 Å². The molecule has 1 saturated carbocycles. The minimum absolute atomic E-state index is 0.503. The molecule has 1 aromatic carbocycles. The lowest BCUT2D eigenvalue weighted by molar-refractivity contribution is 0.329. The lowest BCUT2D eigenvalue weighted by atomic mass is 9.97. The van der Waals surface area contributed by atoms with Crippen LogP contribution >= 0.6 is 0 Å². The van der Waals surface area contributed by atoms with Gasteiger partial charge in [-0.15, -0.1) is 0 Å². The predicted octanol–water partition coefficient (Wildman–Crippen LogP) is 4.69. The summed E-state index contributed by atoms with van der Waals surface area (Å²) in [6.45, 7) is 6.76. The molecule has 0 unspecified atom stereocenters. The van der Waals surface area contributed by atoms with E-state index in [2.05, 4.69) is 39.9 Å². The zero-order valence-electron chi connectivity index (χ0n) is 18.3. The van der Waals surface area contributed by atoms with E-state index in [1.54, 1.807) is 7.11 Å². The van der Waals surface area contributed by atoms with Crippen molar-refractivity contribution < 1.29 is 13.8 Å². The summed E-state index contributed by atoms with van der Waals surface area (Å²) in [5, 5.41) is 11.9. The summed E-state index contributed by atoms with van der Waals surface area (Å²) in [5.74, 6) is 3.36. The molecule has 2 aromatic heterocycles. The highest BCUT2D eigenvalue weighted by molar-refractivity contribution is 5.41. The third kappa shape index (κ3) is 4.59. The van der Waals surface area contributed by atoms with Crippen LogP contribution in [0.1, 0.15) is 58.9 Å². The van der Waals surface area contributed by atoms with Gasteiger partial charge in [0, 0.05) is 37.1 Å². The molecule has 2 atom stereocenters. The van der Waals surface area contributed by atoms with Crippen molar-refractivity contribution in [2.24, 2.45) is 5.92 Å². The number of nitrogens with one attached hydrogen (secondary N) is 1. The summed E-state index contributed by atoms with van der Waals surface area (Å²) in [6.07, 6.45) is 5.42. The Morgan fingerprint density at radius 3 is 2.67 bits per heavy atom. The van der Waals surface area contributed by atoms with Crippen molar-refractivity contribution in [3.05, 3.63) is 63.9 Å². The Morgan fingerprint density at radius 2 is 1.97 bits per heavy atom. The van der Waals surface area contributed by atoms with E-state index >= 15 is 0 Å². The molecule has 160 valence electrons. The molecule has 1 aliphatic rings. The van der Waals surface area contributed by atoms with Gasteiger partial charge in [0.1, 0.15) is 17.3 Å². The maximum Gasteiger partial charge on any atom is 0.137 e. The highest BCUT2D eigenvalue weighted by Gasteiger charge is 2.28. The average Bonchev–Trinajstić information content (AvgIpc) is 3.44. The second-order valence-electron chi connectivity index (χ2n) is 8.44. The smallest absolute Gasteiger partial charge is 0.137 e. The standard InChI is InChI=1S/C24H31N3O3/c1-15-10-21(30-26-15)12-19-6-5-7-23(19)25-14-18-8-9-24(28-4)20(11-18)13-22-16(2)27-29-17(22)3/h8-11,19,23,25H,5-7,12-14H2,1-4H3/t19-,23+/m0/s1. The highest BCUT2D eigenvalue weighted by atomic mass is 16.5. The second-order valence-corrected chi connectivity index (χ2v) is 8.44. The van der Waals surface area contributed by atoms with Gasteiger partial charge in [-0.05, 0) is 56.7 Å². The van der Waals surface area contributed by atoms with Gasteiger partial charge in [-0.25, -0.2) is 0 Å². The molecule has 0 saturated heterocycles. The molecule has 30 heavy (non-hydrogen) atoms. The number of rotatable bonds is 8. The number of aromatic nitrogens is 2. The second kappa shape index (κ2) is 9.04. The minimum atomic E-state index is 0.503. The van der Waals surface area contributed by atoms with Crippen LogP contribution in [0.2, 0.25) is 0 Å². The lowest BCUT2D eigenvalue weighted by Gasteiger charge is -2.20. The van der Waals surface area contributed by atoms with Crippen LogP contribution in [-0.2, 0) is 19.4 Å². The first-order chi connectivity index (χ1) is 14.5. The Labute approximate surface area is 178 Å². The van der Waals surface area contributed by atoms with E-state index in [9.17, 15) is 0 Å². The lowest BCUT2D eigenvalue weighted by Crippen LogP contribution is -2.32. The van der Waals surface area contributed by atoms with Crippen LogP contribution in [0.5, 0.6) is 5.75 Å². The van der Waals surface area contributed by atoms with E-state index in [1.165, 1.54) is 24.8 Å². The molecule has 6 heteroatoms. The Hall–Kier alpha value is -2.60. The molecule has 0 amide bonds. The molecular weight excluding hydrogens is 378 g/mol. The summed E-state index contributed by atoms with van der Waals surface area (Å²) in [7, 11) is 1.72. The third-order valence-corrected chi connectivity index (χ3v) is 6.26. The molecule has 0 aliphatic heterocycles. The summed E-state index contributed by atoms with van der Waals surface area (Å²) >= 11 is 0. The Morgan fingerprint density at radius 1 is 1.10 bits per heavy atom. The van der Waals surface area contributed by atoms with Crippen molar-refractivity contribution in [3.63, 3.8) is 0 Å². The zero-order chi connectivity index (χ0) is 21.1. The first kappa shape index (κ1) is 20.7. The van der Waals surface area contributed by atoms with E-state index < -0.39 is 0 Å². The largest absolute Gasteiger partial charge is 0.496 e. The van der Waals surface area contributed by atoms with E-state index in [0.29, 0.717) is 12.0 Å². The summed E-state index contributed by atoms with van der Waals surface area (Å²) in [6, 6.07) is 9.00. The number of hydrogen-bond acceptors (Lipinski definition) is 6. The number of methoxy groups -OCH3 is 1. The van der Waals surface area contributed by atoms with E-state index in [0.717, 1.165) is 59.2 Å². The molecular formula is C24H31N3O3. The SMILES string of the molecule is COc1ccc(CN[C@@H]2CCC[C@H]2Cc2cc(C)no2)cc1Cc1c(C)noc1C. The van der Waals surface area contributed by atoms with Gasteiger partial charge in [0.2, 0.25) is 0 Å². The van der Waals surface area contributed by atoms with Gasteiger partial charge >= 0.3 is 0 Å². The maximum atomic E-state index is 5.60. The summed E-state index contributed by atoms with van der Waals surface area (Å²) in [4.78, 5) is 0. The van der Waals surface area contributed by atoms with E-state index in [1.807, 2.05) is 20.8 Å². The third-order valence-electron chi connectivity index (χ3n) is 6.26. The minimum Gasteiger partial charge on any atom is -0.496 e. The molecule has 0 spiro atoms. The molecule has 0 radical (unpaired) electrons. The van der Waals surface area contributed by atoms with Crippen molar-refractivity contribution in [1.82, 2.24) is 15.6 Å². The van der Waals surface area contributed by atoms with Gasteiger partial charge in [-0.1, -0.05) is 28.9 Å². The Balaban J connectivity index is 1.43. The maximum absolute atomic E-state index is 5.60. The van der Waals surface area contributed by atoms with Gasteiger partial charge < -0.3 is 19.1 Å². The van der Waals surface area contributed by atoms with Gasteiger partial charge in [-0.3, -0.25) is 0 Å². The fraction of sp³-hybridized carbons (Fsp3) is 0.500. The van der Waals surface area contributed by atoms with Crippen LogP contribution in [0.4, 0.5) is 0 Å². The predicted molar refractivity (Wildman–Crippen MR) is 115 cm³/mol. The monoisotopic (exact) mass is 409 g/mol. The number of benzene rings is 1. The van der Waals surface area contributed by atoms with Gasteiger partial charge in [0.05, 0.1) is 18.5 Å². The van der Waals surface area contributed by atoms with Crippen LogP contribution in [0.3, 0.4) is 0 Å². The average molecular weight is 410 g/mol. The molecule has 0 bridgehead atoms. The number of ether oxygens (including phenoxy) is 1. The molecule has 1 N–H and O–H groups in total. The highest BCUT2D eigenvalue weighted by Crippen LogP contribution is 2.30. The van der Waals surface area contributed by atoms with E-state index in [-0.39, 0.29) is 0 Å². The number of nitrogens with zero attached hydrogens (tertiary/aromatic N) is 2. The Bertz CT molecular complexity index is 972. The summed E-state index contributed by atoms with van der Waals surface area (Å²) in [5.41, 5.74) is 5.45. The van der Waals surface area contributed by atoms with E-state index in [4.69, 9.17) is 13.8 Å². The van der Waals surface area contributed by atoms with Crippen LogP contribution < -0.4 is 10.1 Å². The first-order valence-electron chi connectivity index (χ1n) is 10.8. The molecule has 2 heterocycles. The fourth-order valence-corrected chi connectivity index (χ4v) is 4.59. The number of aryl methyl sites for hydroxylation is 3. The van der Waals surface area contributed by atoms with Crippen molar-refractivity contribution in [2.45, 2.75) is 65.5 Å². The van der Waals surface area contributed by atoms with Crippen LogP contribution in [-0.4, -0.2) is 23.5 Å². The molecule has 1 fully saturated rings. The molecule has 4 rings (SSSR count). The van der Waals surface area contributed by atoms with Crippen LogP contribution in [0.15, 0.2) is 33.3 Å². The summed E-state index contributed by atoms with van der Waals surface area (Å²) < 4.78 is 16.4. The van der Waals surface area contributed by atoms with Crippen molar-refractivity contribution in [1.29, 1.82) is 0 Å². The fourth-order valence-electron chi connectivity index (χ4n) is 4.59. The van der Waals surface area contributed by atoms with Crippen LogP contribution in [0, 0.1) is 26.7 Å². The molecule has 6 nitrogen and oxygen atoms in total. The van der Waals surface area contributed by atoms with Gasteiger partial charge in [-0.2, -0.15) is 0 Å². The first-order valence-corrected chi connectivity index (χ1v) is 10.8. The van der Waals surface area contributed by atoms with Crippen molar-refractivity contribution in [2.75, 3.05) is 7.11 Å². The molecule has 3 aromatic rings. The normalized spacial score (nSPS) is 18.8.